The van der Waals surface area contributed by atoms with Gasteiger partial charge in [0, 0.05) is 18.6 Å². The number of nitrogens with zero attached hydrogens (tertiary/aromatic N) is 1. The van der Waals surface area contributed by atoms with Gasteiger partial charge in [-0.25, -0.2) is 0 Å². The Morgan fingerprint density at radius 3 is 2.50 bits per heavy atom. The highest BCUT2D eigenvalue weighted by atomic mass is 15.1. The molecular weight excluding hydrogens is 220 g/mol. The molecule has 1 aliphatic heterocycles. The Morgan fingerprint density at radius 2 is 1.94 bits per heavy atom. The zero-order valence-electron chi connectivity index (χ0n) is 13.4. The van der Waals surface area contributed by atoms with Gasteiger partial charge in [-0.05, 0) is 57.5 Å². The van der Waals surface area contributed by atoms with E-state index < -0.39 is 0 Å². The molecule has 0 saturated carbocycles. The Morgan fingerprint density at radius 1 is 1.28 bits per heavy atom. The molecule has 2 heteroatoms. The van der Waals surface area contributed by atoms with Crippen LogP contribution < -0.4 is 5.32 Å². The molecule has 0 radical (unpaired) electrons. The lowest BCUT2D eigenvalue weighted by Crippen LogP contribution is -2.49. The molecule has 1 rings (SSSR count). The number of hydrogen-bond donors (Lipinski definition) is 1. The summed E-state index contributed by atoms with van der Waals surface area (Å²) in [7, 11) is 0. The highest BCUT2D eigenvalue weighted by Crippen LogP contribution is 2.23. The van der Waals surface area contributed by atoms with Crippen LogP contribution in [0.1, 0.15) is 60.8 Å². The lowest BCUT2D eigenvalue weighted by atomic mass is 9.85. The van der Waals surface area contributed by atoms with Crippen molar-refractivity contribution in [2.24, 2.45) is 11.3 Å². The van der Waals surface area contributed by atoms with Crippen molar-refractivity contribution >= 4 is 0 Å². The smallest absolute Gasteiger partial charge is 0.00898 e. The number of hydrogen-bond acceptors (Lipinski definition) is 2. The van der Waals surface area contributed by atoms with Gasteiger partial charge in [0.05, 0.1) is 0 Å². The minimum absolute atomic E-state index is 0.353. The number of rotatable bonds is 5. The standard InChI is InChI=1S/C16H34N2/c1-7-10-18-11-8-9-15(12-18)13(2)17-14(3)16(4,5)6/h13-15,17H,7-12H2,1-6H3. The molecule has 0 aromatic rings. The van der Waals surface area contributed by atoms with E-state index in [2.05, 4.69) is 51.8 Å². The lowest BCUT2D eigenvalue weighted by molar-refractivity contribution is 0.137. The largest absolute Gasteiger partial charge is 0.311 e. The van der Waals surface area contributed by atoms with Gasteiger partial charge in [-0.3, -0.25) is 0 Å². The summed E-state index contributed by atoms with van der Waals surface area (Å²) in [5, 5.41) is 3.83. The van der Waals surface area contributed by atoms with Crippen LogP contribution in [0.3, 0.4) is 0 Å². The highest BCUT2D eigenvalue weighted by molar-refractivity contribution is 4.85. The number of nitrogens with one attached hydrogen (secondary N) is 1. The molecule has 108 valence electrons. The van der Waals surface area contributed by atoms with Gasteiger partial charge >= 0.3 is 0 Å². The van der Waals surface area contributed by atoms with Crippen LogP contribution in [0, 0.1) is 11.3 Å². The van der Waals surface area contributed by atoms with Crippen molar-refractivity contribution < 1.29 is 0 Å². The number of likely N-dealkylation sites (tertiary alicyclic amines) is 1. The van der Waals surface area contributed by atoms with Crippen LogP contribution in [-0.2, 0) is 0 Å². The third kappa shape index (κ3) is 4.89. The van der Waals surface area contributed by atoms with Crippen molar-refractivity contribution in [2.45, 2.75) is 72.9 Å². The molecule has 1 fully saturated rings. The second-order valence-electron chi connectivity index (χ2n) is 7.25. The first-order chi connectivity index (χ1) is 8.34. The van der Waals surface area contributed by atoms with Gasteiger partial charge in [-0.15, -0.1) is 0 Å². The van der Waals surface area contributed by atoms with Crippen LogP contribution in [0.2, 0.25) is 0 Å². The molecule has 2 nitrogen and oxygen atoms in total. The zero-order chi connectivity index (χ0) is 13.8. The summed E-state index contributed by atoms with van der Waals surface area (Å²) in [6, 6.07) is 1.22. The van der Waals surface area contributed by atoms with E-state index in [1.807, 2.05) is 0 Å². The third-order valence-corrected chi connectivity index (χ3v) is 4.60. The van der Waals surface area contributed by atoms with Gasteiger partial charge in [0.2, 0.25) is 0 Å². The Balaban J connectivity index is 2.43. The van der Waals surface area contributed by atoms with Gasteiger partial charge < -0.3 is 10.2 Å². The van der Waals surface area contributed by atoms with E-state index in [1.54, 1.807) is 0 Å². The minimum atomic E-state index is 0.353. The van der Waals surface area contributed by atoms with E-state index in [9.17, 15) is 0 Å². The summed E-state index contributed by atoms with van der Waals surface area (Å²) in [6.45, 7) is 17.8. The maximum atomic E-state index is 3.83. The molecule has 3 unspecified atom stereocenters. The SMILES string of the molecule is CCCN1CCCC(C(C)NC(C)C(C)(C)C)C1. The normalized spacial score (nSPS) is 26.0. The van der Waals surface area contributed by atoms with E-state index >= 15 is 0 Å². The summed E-state index contributed by atoms with van der Waals surface area (Å²) in [6.07, 6.45) is 4.05. The van der Waals surface area contributed by atoms with Gasteiger partial charge in [-0.1, -0.05) is 27.7 Å². The molecule has 0 amide bonds. The minimum Gasteiger partial charge on any atom is -0.311 e. The van der Waals surface area contributed by atoms with Gasteiger partial charge in [0.1, 0.15) is 0 Å². The van der Waals surface area contributed by atoms with Crippen molar-refractivity contribution in [3.63, 3.8) is 0 Å². The van der Waals surface area contributed by atoms with Gasteiger partial charge in [-0.2, -0.15) is 0 Å². The van der Waals surface area contributed by atoms with Crippen molar-refractivity contribution in [2.75, 3.05) is 19.6 Å². The molecule has 0 bridgehead atoms. The van der Waals surface area contributed by atoms with Crippen LogP contribution in [0.25, 0.3) is 0 Å². The van der Waals surface area contributed by atoms with Crippen LogP contribution in [-0.4, -0.2) is 36.6 Å². The lowest BCUT2D eigenvalue weighted by Gasteiger charge is -2.39. The second-order valence-corrected chi connectivity index (χ2v) is 7.25. The molecule has 1 heterocycles. The average molecular weight is 254 g/mol. The fourth-order valence-corrected chi connectivity index (χ4v) is 2.80. The summed E-state index contributed by atoms with van der Waals surface area (Å²) in [5.41, 5.74) is 0.353. The Bertz CT molecular complexity index is 230. The van der Waals surface area contributed by atoms with Gasteiger partial charge in [0.15, 0.2) is 0 Å². The maximum absolute atomic E-state index is 3.83. The first kappa shape index (κ1) is 16.0. The van der Waals surface area contributed by atoms with Crippen molar-refractivity contribution in [3.8, 4) is 0 Å². The van der Waals surface area contributed by atoms with Crippen molar-refractivity contribution in [3.05, 3.63) is 0 Å². The van der Waals surface area contributed by atoms with Crippen LogP contribution in [0.4, 0.5) is 0 Å². The van der Waals surface area contributed by atoms with Gasteiger partial charge in [0.25, 0.3) is 0 Å². The molecule has 1 N–H and O–H groups in total. The molecule has 0 aromatic carbocycles. The molecule has 1 aliphatic rings. The predicted molar refractivity (Wildman–Crippen MR) is 81.0 cm³/mol. The van der Waals surface area contributed by atoms with E-state index in [-0.39, 0.29) is 0 Å². The third-order valence-electron chi connectivity index (χ3n) is 4.60. The topological polar surface area (TPSA) is 15.3 Å². The molecule has 1 saturated heterocycles. The average Bonchev–Trinajstić information content (AvgIpc) is 2.28. The van der Waals surface area contributed by atoms with Crippen LogP contribution >= 0.6 is 0 Å². The van der Waals surface area contributed by atoms with Crippen LogP contribution in [0.15, 0.2) is 0 Å². The summed E-state index contributed by atoms with van der Waals surface area (Å²) in [5.74, 6) is 0.829. The Labute approximate surface area is 115 Å². The fourth-order valence-electron chi connectivity index (χ4n) is 2.80. The zero-order valence-corrected chi connectivity index (χ0v) is 13.4. The monoisotopic (exact) mass is 254 g/mol. The van der Waals surface area contributed by atoms with E-state index in [0.717, 1.165) is 5.92 Å². The van der Waals surface area contributed by atoms with E-state index in [4.69, 9.17) is 0 Å². The second kappa shape index (κ2) is 6.91. The summed E-state index contributed by atoms with van der Waals surface area (Å²) >= 11 is 0. The van der Waals surface area contributed by atoms with E-state index in [0.29, 0.717) is 17.5 Å². The van der Waals surface area contributed by atoms with Crippen molar-refractivity contribution in [1.82, 2.24) is 10.2 Å². The Kier molecular flexibility index (Phi) is 6.13. The summed E-state index contributed by atoms with van der Waals surface area (Å²) < 4.78 is 0. The first-order valence-electron chi connectivity index (χ1n) is 7.83. The molecule has 0 aliphatic carbocycles. The molecule has 0 spiro atoms. The fraction of sp³-hybridized carbons (Fsp3) is 1.00. The van der Waals surface area contributed by atoms with E-state index in [1.165, 1.54) is 38.9 Å². The molecule has 3 atom stereocenters. The Hall–Kier alpha value is -0.0800. The molecular formula is C16H34N2. The number of piperidine rings is 1. The first-order valence-corrected chi connectivity index (χ1v) is 7.83. The predicted octanol–water partition coefficient (Wildman–Crippen LogP) is 3.52. The highest BCUT2D eigenvalue weighted by Gasteiger charge is 2.27. The quantitative estimate of drug-likeness (QED) is 0.807. The maximum Gasteiger partial charge on any atom is 0.00898 e. The molecule has 0 aromatic heterocycles. The molecule has 18 heavy (non-hydrogen) atoms. The van der Waals surface area contributed by atoms with Crippen LogP contribution in [0.5, 0.6) is 0 Å². The summed E-state index contributed by atoms with van der Waals surface area (Å²) in [4.78, 5) is 2.65. The van der Waals surface area contributed by atoms with Crippen molar-refractivity contribution in [1.29, 1.82) is 0 Å².